The molecule has 9 heteroatoms. The van der Waals surface area contributed by atoms with E-state index in [4.69, 9.17) is 14.5 Å². The van der Waals surface area contributed by atoms with E-state index < -0.39 is 18.0 Å². The first kappa shape index (κ1) is 18.0. The van der Waals surface area contributed by atoms with E-state index in [1.165, 1.54) is 25.3 Å². The van der Waals surface area contributed by atoms with Crippen molar-refractivity contribution in [2.45, 2.75) is 30.8 Å². The Labute approximate surface area is 164 Å². The number of fused-ring (bicyclic) bond motifs is 2. The van der Waals surface area contributed by atoms with Gasteiger partial charge >= 0.3 is 0 Å². The third-order valence-electron chi connectivity index (χ3n) is 5.60. The molecule has 0 radical (unpaired) electrons. The molecule has 7 nitrogen and oxygen atoms in total. The highest BCUT2D eigenvalue weighted by atomic mass is 19.3. The molecule has 3 fully saturated rings. The fraction of sp³-hybridized carbons (Fsp3) is 0.350. The number of amides is 1. The Hall–Kier alpha value is -3.07. The molecule has 1 amide bonds. The topological polar surface area (TPSA) is 77.8 Å². The summed E-state index contributed by atoms with van der Waals surface area (Å²) in [5.74, 6) is -0.0895. The van der Waals surface area contributed by atoms with E-state index in [-0.39, 0.29) is 11.1 Å². The van der Waals surface area contributed by atoms with E-state index in [2.05, 4.69) is 10.3 Å². The molecule has 1 saturated carbocycles. The predicted molar refractivity (Wildman–Crippen MR) is 99.5 cm³/mol. The zero-order chi connectivity index (χ0) is 20.2. The van der Waals surface area contributed by atoms with E-state index in [9.17, 15) is 13.6 Å². The van der Waals surface area contributed by atoms with Crippen LogP contribution < -0.4 is 10.1 Å². The zero-order valence-corrected chi connectivity index (χ0v) is 15.6. The lowest BCUT2D eigenvalue weighted by Gasteiger charge is -2.33. The molecule has 0 aromatic carbocycles. The summed E-state index contributed by atoms with van der Waals surface area (Å²) in [7, 11) is 1.53. The Morgan fingerprint density at radius 3 is 2.86 bits per heavy atom. The molecule has 5 heterocycles. The highest BCUT2D eigenvalue weighted by Crippen LogP contribution is 2.51. The van der Waals surface area contributed by atoms with Gasteiger partial charge in [0.25, 0.3) is 12.3 Å². The summed E-state index contributed by atoms with van der Waals surface area (Å²) < 4.78 is 38.6. The van der Waals surface area contributed by atoms with Crippen molar-refractivity contribution in [3.8, 4) is 5.75 Å². The molecule has 3 aromatic heterocycles. The van der Waals surface area contributed by atoms with Crippen LogP contribution in [0.5, 0.6) is 5.75 Å². The Balaban J connectivity index is 1.46. The minimum absolute atomic E-state index is 0.0370. The number of imidazole rings is 1. The van der Waals surface area contributed by atoms with Crippen LogP contribution in [0.3, 0.4) is 0 Å². The first-order chi connectivity index (χ1) is 14.0. The monoisotopic (exact) mass is 400 g/mol. The largest absolute Gasteiger partial charge is 0.493 e. The second-order valence-electron chi connectivity index (χ2n) is 7.48. The molecular formula is C20H18F2N4O3. The highest BCUT2D eigenvalue weighted by Gasteiger charge is 2.54. The van der Waals surface area contributed by atoms with Crippen LogP contribution in [0, 0.1) is 0 Å². The maximum Gasteiger partial charge on any atom is 0.280 e. The van der Waals surface area contributed by atoms with E-state index in [1.54, 1.807) is 16.7 Å². The van der Waals surface area contributed by atoms with Gasteiger partial charge < -0.3 is 19.2 Å². The number of hydrogen-bond acceptors (Lipinski definition) is 5. The third kappa shape index (κ3) is 2.93. The van der Waals surface area contributed by atoms with Gasteiger partial charge in [-0.05, 0) is 25.0 Å². The van der Waals surface area contributed by atoms with Crippen LogP contribution in [0.1, 0.15) is 41.1 Å². The van der Waals surface area contributed by atoms with Crippen molar-refractivity contribution in [3.05, 3.63) is 53.7 Å². The lowest BCUT2D eigenvalue weighted by Crippen LogP contribution is -2.37. The number of carbonyl (C=O) groups excluding carboxylic acids is 1. The van der Waals surface area contributed by atoms with Crippen LogP contribution in [0.2, 0.25) is 0 Å². The molecule has 0 unspecified atom stereocenters. The van der Waals surface area contributed by atoms with Gasteiger partial charge in [0.05, 0.1) is 31.2 Å². The van der Waals surface area contributed by atoms with Gasteiger partial charge in [0.1, 0.15) is 11.4 Å². The number of rotatable bonds is 5. The summed E-state index contributed by atoms with van der Waals surface area (Å²) in [6.07, 6.45) is 3.16. The van der Waals surface area contributed by atoms with Crippen LogP contribution in [-0.4, -0.2) is 40.1 Å². The van der Waals surface area contributed by atoms with Gasteiger partial charge in [0.15, 0.2) is 11.4 Å². The number of nitrogens with zero attached hydrogens (tertiary/aromatic N) is 3. The second-order valence-corrected chi connectivity index (χ2v) is 7.48. The summed E-state index contributed by atoms with van der Waals surface area (Å²) in [5, 5.41) is 2.69. The molecule has 1 N–H and O–H groups in total. The number of nitrogens with one attached hydrogen (secondary N) is 1. The van der Waals surface area contributed by atoms with Gasteiger partial charge in [-0.25, -0.2) is 18.7 Å². The van der Waals surface area contributed by atoms with Crippen molar-refractivity contribution >= 4 is 17.2 Å². The number of halogens is 2. The number of aromatic nitrogens is 3. The van der Waals surface area contributed by atoms with E-state index >= 15 is 0 Å². The van der Waals surface area contributed by atoms with Crippen molar-refractivity contribution in [1.82, 2.24) is 14.4 Å². The average Bonchev–Trinajstić information content (AvgIpc) is 3.41. The van der Waals surface area contributed by atoms with Gasteiger partial charge in [-0.2, -0.15) is 0 Å². The summed E-state index contributed by atoms with van der Waals surface area (Å²) in [5.41, 5.74) is 1.46. The van der Waals surface area contributed by atoms with E-state index in [1.807, 2.05) is 6.20 Å². The maximum atomic E-state index is 12.8. The van der Waals surface area contributed by atoms with E-state index in [0.29, 0.717) is 29.8 Å². The standard InChI is InChI=1S/C20H18F2N4O3/c1-28-15-5-11(23-19(27)14-4-2-3-13(24-14)17(21)22)8-26-9-16(25-18(15)26)20-6-12(7-20)29-10-20/h2-5,8-9,12,17H,6-7,10H2,1H3,(H,23,27). The van der Waals surface area contributed by atoms with Crippen LogP contribution in [0.4, 0.5) is 14.5 Å². The number of anilines is 1. The van der Waals surface area contributed by atoms with Gasteiger partial charge in [-0.1, -0.05) is 6.07 Å². The molecule has 3 aromatic rings. The molecule has 0 atom stereocenters. The molecule has 2 saturated heterocycles. The number of methoxy groups -OCH3 is 1. The molecule has 3 aliphatic rings. The maximum absolute atomic E-state index is 12.8. The van der Waals surface area contributed by atoms with Crippen LogP contribution in [0.25, 0.3) is 5.65 Å². The summed E-state index contributed by atoms with van der Waals surface area (Å²) in [6, 6.07) is 5.59. The van der Waals surface area contributed by atoms with Gasteiger partial charge in [-0.15, -0.1) is 0 Å². The SMILES string of the molecule is COc1cc(NC(=O)c2cccc(C(F)F)n2)cn2cc(C34COC(C3)C4)nc12. The van der Waals surface area contributed by atoms with E-state index in [0.717, 1.165) is 18.5 Å². The smallest absolute Gasteiger partial charge is 0.280 e. The zero-order valence-electron chi connectivity index (χ0n) is 15.6. The van der Waals surface area contributed by atoms with Crippen molar-refractivity contribution in [2.75, 3.05) is 19.0 Å². The summed E-state index contributed by atoms with van der Waals surface area (Å²) >= 11 is 0. The molecule has 2 bridgehead atoms. The molecule has 1 aliphatic carbocycles. The fourth-order valence-corrected chi connectivity index (χ4v) is 4.04. The Kier molecular flexibility index (Phi) is 4.02. The number of ether oxygens (including phenoxy) is 2. The Morgan fingerprint density at radius 2 is 2.17 bits per heavy atom. The van der Waals surface area contributed by atoms with Crippen molar-refractivity contribution in [3.63, 3.8) is 0 Å². The lowest BCUT2D eigenvalue weighted by molar-refractivity contribution is 0.102. The van der Waals surface area contributed by atoms with Gasteiger partial charge in [0, 0.05) is 23.9 Å². The van der Waals surface area contributed by atoms with Gasteiger partial charge in [-0.3, -0.25) is 4.79 Å². The molecule has 0 spiro atoms. The normalized spacial score (nSPS) is 22.7. The number of carbonyl (C=O) groups is 1. The first-order valence-electron chi connectivity index (χ1n) is 9.23. The first-order valence-corrected chi connectivity index (χ1v) is 9.23. The molecule has 6 rings (SSSR count). The Bertz CT molecular complexity index is 1100. The predicted octanol–water partition coefficient (Wildman–Crippen LogP) is 3.36. The molecule has 150 valence electrons. The van der Waals surface area contributed by atoms with Crippen molar-refractivity contribution < 1.29 is 23.0 Å². The summed E-state index contributed by atoms with van der Waals surface area (Å²) in [6.45, 7) is 0.666. The number of pyridine rings is 2. The van der Waals surface area contributed by atoms with Crippen molar-refractivity contribution in [2.24, 2.45) is 0 Å². The number of hydrogen-bond donors (Lipinski definition) is 1. The minimum atomic E-state index is -2.74. The molecule has 29 heavy (non-hydrogen) atoms. The average molecular weight is 400 g/mol. The quantitative estimate of drug-likeness (QED) is 0.711. The van der Waals surface area contributed by atoms with Crippen LogP contribution in [-0.2, 0) is 10.2 Å². The van der Waals surface area contributed by atoms with Crippen LogP contribution in [0.15, 0.2) is 36.7 Å². The molecule has 2 aliphatic heterocycles. The fourth-order valence-electron chi connectivity index (χ4n) is 4.04. The van der Waals surface area contributed by atoms with Crippen LogP contribution >= 0.6 is 0 Å². The lowest BCUT2D eigenvalue weighted by atomic mass is 9.68. The summed E-state index contributed by atoms with van der Waals surface area (Å²) in [4.78, 5) is 20.9. The second kappa shape index (κ2) is 6.48. The Morgan fingerprint density at radius 1 is 1.34 bits per heavy atom. The van der Waals surface area contributed by atoms with Gasteiger partial charge in [0.2, 0.25) is 0 Å². The highest BCUT2D eigenvalue weighted by molar-refractivity contribution is 6.03. The third-order valence-corrected chi connectivity index (χ3v) is 5.60. The number of alkyl halides is 2. The molecular weight excluding hydrogens is 382 g/mol. The minimum Gasteiger partial charge on any atom is -0.493 e. The van der Waals surface area contributed by atoms with Crippen molar-refractivity contribution in [1.29, 1.82) is 0 Å².